The van der Waals surface area contributed by atoms with E-state index in [0.717, 1.165) is 11.1 Å². The van der Waals surface area contributed by atoms with Crippen LogP contribution in [0, 0.1) is 5.82 Å². The molecule has 0 aliphatic rings. The van der Waals surface area contributed by atoms with Gasteiger partial charge in [0.2, 0.25) is 0 Å². The second-order valence-electron chi connectivity index (χ2n) is 8.28. The molecule has 0 unspecified atom stereocenters. The Morgan fingerprint density at radius 1 is 0.969 bits per heavy atom. The standard InChI is InChI=1S/C26H26Cl2FNO2/c1-17(18-9-11-20(27)12-10-18)24(19-7-5-4-6-8-19)16-30-25(31)26(2,3)32-23-14-21(28)13-22(29)15-23/h4-15,17,24H,16H2,1-3H3,(H,30,31)/t17-,24+/m1/s1. The van der Waals surface area contributed by atoms with Crippen molar-refractivity contribution in [2.75, 3.05) is 6.54 Å². The number of amides is 1. The van der Waals surface area contributed by atoms with E-state index in [-0.39, 0.29) is 28.5 Å². The van der Waals surface area contributed by atoms with Crippen molar-refractivity contribution in [1.29, 1.82) is 0 Å². The maximum absolute atomic E-state index is 13.6. The lowest BCUT2D eigenvalue weighted by Crippen LogP contribution is -2.47. The van der Waals surface area contributed by atoms with E-state index < -0.39 is 11.4 Å². The van der Waals surface area contributed by atoms with Gasteiger partial charge in [0.15, 0.2) is 5.60 Å². The molecule has 0 radical (unpaired) electrons. The minimum atomic E-state index is -1.22. The average molecular weight is 474 g/mol. The fourth-order valence-electron chi connectivity index (χ4n) is 3.63. The van der Waals surface area contributed by atoms with E-state index in [1.807, 2.05) is 42.5 Å². The van der Waals surface area contributed by atoms with Crippen LogP contribution in [0.25, 0.3) is 0 Å². The largest absolute Gasteiger partial charge is 0.478 e. The molecule has 0 saturated carbocycles. The minimum Gasteiger partial charge on any atom is -0.478 e. The van der Waals surface area contributed by atoms with Crippen molar-refractivity contribution < 1.29 is 13.9 Å². The molecule has 0 fully saturated rings. The van der Waals surface area contributed by atoms with Crippen LogP contribution in [0.15, 0.2) is 72.8 Å². The number of carbonyl (C=O) groups is 1. The zero-order valence-electron chi connectivity index (χ0n) is 18.2. The summed E-state index contributed by atoms with van der Waals surface area (Å²) in [5.41, 5.74) is 1.02. The van der Waals surface area contributed by atoms with Gasteiger partial charge in [0.25, 0.3) is 5.91 Å². The highest BCUT2D eigenvalue weighted by molar-refractivity contribution is 6.30. The van der Waals surface area contributed by atoms with Gasteiger partial charge in [-0.15, -0.1) is 0 Å². The maximum Gasteiger partial charge on any atom is 0.263 e. The van der Waals surface area contributed by atoms with Crippen LogP contribution in [0.2, 0.25) is 10.0 Å². The van der Waals surface area contributed by atoms with Crippen LogP contribution in [0.5, 0.6) is 5.75 Å². The highest BCUT2D eigenvalue weighted by Crippen LogP contribution is 2.33. The third-order valence-electron chi connectivity index (χ3n) is 5.47. The van der Waals surface area contributed by atoms with Gasteiger partial charge in [0.1, 0.15) is 11.6 Å². The Morgan fingerprint density at radius 3 is 2.25 bits per heavy atom. The smallest absolute Gasteiger partial charge is 0.263 e. The lowest BCUT2D eigenvalue weighted by molar-refractivity contribution is -0.134. The predicted octanol–water partition coefficient (Wildman–Crippen LogP) is 6.99. The van der Waals surface area contributed by atoms with Crippen LogP contribution >= 0.6 is 23.2 Å². The quantitative estimate of drug-likeness (QED) is 0.382. The molecule has 168 valence electrons. The van der Waals surface area contributed by atoms with Crippen LogP contribution in [-0.4, -0.2) is 18.1 Å². The zero-order valence-corrected chi connectivity index (χ0v) is 19.8. The number of rotatable bonds is 8. The molecule has 1 N–H and O–H groups in total. The van der Waals surface area contributed by atoms with Gasteiger partial charge in [-0.2, -0.15) is 0 Å². The fourth-order valence-corrected chi connectivity index (χ4v) is 3.96. The monoisotopic (exact) mass is 473 g/mol. The molecule has 32 heavy (non-hydrogen) atoms. The first kappa shape index (κ1) is 24.1. The van der Waals surface area contributed by atoms with Gasteiger partial charge in [-0.1, -0.05) is 72.6 Å². The van der Waals surface area contributed by atoms with Gasteiger partial charge >= 0.3 is 0 Å². The van der Waals surface area contributed by atoms with Gasteiger partial charge in [-0.05, 0) is 55.2 Å². The highest BCUT2D eigenvalue weighted by Gasteiger charge is 2.31. The van der Waals surface area contributed by atoms with E-state index in [0.29, 0.717) is 11.6 Å². The Hall–Kier alpha value is -2.56. The van der Waals surface area contributed by atoms with E-state index in [1.54, 1.807) is 13.8 Å². The zero-order chi connectivity index (χ0) is 23.3. The second kappa shape index (κ2) is 10.4. The molecule has 0 heterocycles. The molecule has 0 aliphatic heterocycles. The van der Waals surface area contributed by atoms with Crippen LogP contribution in [-0.2, 0) is 4.79 Å². The van der Waals surface area contributed by atoms with Crippen LogP contribution in [0.4, 0.5) is 4.39 Å². The van der Waals surface area contributed by atoms with Crippen LogP contribution in [0.3, 0.4) is 0 Å². The topological polar surface area (TPSA) is 38.3 Å². The first-order valence-corrected chi connectivity index (χ1v) is 11.1. The Labute approximate surface area is 198 Å². The van der Waals surface area contributed by atoms with Gasteiger partial charge in [0, 0.05) is 28.6 Å². The number of ether oxygens (including phenoxy) is 1. The molecular weight excluding hydrogens is 448 g/mol. The Bertz CT molecular complexity index is 1030. The van der Waals surface area contributed by atoms with Crippen LogP contribution < -0.4 is 10.1 Å². The molecule has 3 aromatic rings. The summed E-state index contributed by atoms with van der Waals surface area (Å²) in [6.07, 6.45) is 0. The third kappa shape index (κ3) is 6.24. The number of hydrogen-bond acceptors (Lipinski definition) is 2. The molecule has 0 saturated heterocycles. The van der Waals surface area contributed by atoms with Crippen molar-refractivity contribution in [2.45, 2.75) is 38.2 Å². The van der Waals surface area contributed by atoms with E-state index >= 15 is 0 Å². The molecule has 0 spiro atoms. The van der Waals surface area contributed by atoms with Crippen molar-refractivity contribution in [3.63, 3.8) is 0 Å². The number of nitrogens with one attached hydrogen (secondary N) is 1. The van der Waals surface area contributed by atoms with Crippen molar-refractivity contribution in [1.82, 2.24) is 5.32 Å². The summed E-state index contributed by atoms with van der Waals surface area (Å²) in [4.78, 5) is 13.0. The molecule has 0 aliphatic carbocycles. The van der Waals surface area contributed by atoms with Gasteiger partial charge in [0.05, 0.1) is 0 Å². The molecular formula is C26H26Cl2FNO2. The second-order valence-corrected chi connectivity index (χ2v) is 9.16. The fraction of sp³-hybridized carbons (Fsp3) is 0.269. The number of halogens is 3. The summed E-state index contributed by atoms with van der Waals surface area (Å²) in [6, 6.07) is 21.7. The van der Waals surface area contributed by atoms with Crippen molar-refractivity contribution >= 4 is 29.1 Å². The summed E-state index contributed by atoms with van der Waals surface area (Å²) in [5, 5.41) is 3.90. The van der Waals surface area contributed by atoms with Crippen LogP contribution in [0.1, 0.15) is 43.7 Å². The van der Waals surface area contributed by atoms with Crippen molar-refractivity contribution in [3.05, 3.63) is 99.8 Å². The van der Waals surface area contributed by atoms with Crippen molar-refractivity contribution in [3.8, 4) is 5.75 Å². The minimum absolute atomic E-state index is 0.0285. The summed E-state index contributed by atoms with van der Waals surface area (Å²) < 4.78 is 19.4. The molecule has 3 rings (SSSR count). The van der Waals surface area contributed by atoms with E-state index in [9.17, 15) is 9.18 Å². The molecule has 3 aromatic carbocycles. The summed E-state index contributed by atoms with van der Waals surface area (Å²) in [6.45, 7) is 5.81. The summed E-state index contributed by atoms with van der Waals surface area (Å²) in [7, 11) is 0. The number of carbonyl (C=O) groups excluding carboxylic acids is 1. The average Bonchev–Trinajstić information content (AvgIpc) is 2.73. The molecule has 1 amide bonds. The SMILES string of the molecule is C[C@H](c1ccc(Cl)cc1)[C@H](CNC(=O)C(C)(C)Oc1cc(F)cc(Cl)c1)c1ccccc1. The van der Waals surface area contributed by atoms with E-state index in [2.05, 4.69) is 24.4 Å². The normalized spacial score (nSPS) is 13.3. The first-order valence-electron chi connectivity index (χ1n) is 10.4. The third-order valence-corrected chi connectivity index (χ3v) is 5.94. The highest BCUT2D eigenvalue weighted by atomic mass is 35.5. The maximum atomic E-state index is 13.6. The first-order chi connectivity index (χ1) is 15.2. The molecule has 0 aromatic heterocycles. The number of benzene rings is 3. The predicted molar refractivity (Wildman–Crippen MR) is 128 cm³/mol. The van der Waals surface area contributed by atoms with Gasteiger partial charge in [-0.3, -0.25) is 4.79 Å². The summed E-state index contributed by atoms with van der Waals surface area (Å²) in [5.74, 6) is -0.474. The summed E-state index contributed by atoms with van der Waals surface area (Å²) >= 11 is 12.0. The molecule has 0 bridgehead atoms. The molecule has 2 atom stereocenters. The van der Waals surface area contributed by atoms with E-state index in [1.165, 1.54) is 18.2 Å². The lowest BCUT2D eigenvalue weighted by Gasteiger charge is -2.29. The lowest BCUT2D eigenvalue weighted by atomic mass is 9.82. The van der Waals surface area contributed by atoms with Gasteiger partial charge < -0.3 is 10.1 Å². The Kier molecular flexibility index (Phi) is 7.81. The number of hydrogen-bond donors (Lipinski definition) is 1. The van der Waals surface area contributed by atoms with Gasteiger partial charge in [-0.25, -0.2) is 4.39 Å². The molecule has 3 nitrogen and oxygen atoms in total. The Balaban J connectivity index is 1.76. The van der Waals surface area contributed by atoms with Crippen molar-refractivity contribution in [2.24, 2.45) is 0 Å². The van der Waals surface area contributed by atoms with E-state index in [4.69, 9.17) is 27.9 Å². The molecule has 6 heteroatoms. The Morgan fingerprint density at radius 2 is 1.62 bits per heavy atom.